The van der Waals surface area contributed by atoms with Crippen LogP contribution < -0.4 is 4.74 Å². The highest BCUT2D eigenvalue weighted by atomic mass is 79.9. The van der Waals surface area contributed by atoms with Crippen LogP contribution in [-0.2, 0) is 13.8 Å². The van der Waals surface area contributed by atoms with E-state index < -0.39 is 15.0 Å². The quantitative estimate of drug-likeness (QED) is 0.544. The normalized spacial score (nSPS) is 14.8. The first-order chi connectivity index (χ1) is 9.82. The lowest BCUT2D eigenvalue weighted by atomic mass is 10.2. The van der Waals surface area contributed by atoms with Gasteiger partial charge in [0.2, 0.25) is 0 Å². The van der Waals surface area contributed by atoms with Crippen molar-refractivity contribution in [3.05, 3.63) is 22.2 Å². The Labute approximate surface area is 136 Å². The molecule has 1 aromatic carbocycles. The maximum Gasteiger partial charge on any atom is 0.338 e. The highest BCUT2D eigenvalue weighted by Gasteiger charge is 2.24. The zero-order valence-electron chi connectivity index (χ0n) is 11.3. The van der Waals surface area contributed by atoms with Gasteiger partial charge in [0.25, 0.3) is 9.05 Å². The largest absolute Gasteiger partial charge is 0.494 e. The van der Waals surface area contributed by atoms with E-state index in [1.807, 2.05) is 0 Å². The van der Waals surface area contributed by atoms with Crippen molar-refractivity contribution < 1.29 is 22.7 Å². The van der Waals surface area contributed by atoms with Crippen molar-refractivity contribution in [1.29, 1.82) is 0 Å². The minimum absolute atomic E-state index is 0.0551. The summed E-state index contributed by atoms with van der Waals surface area (Å²) in [5.41, 5.74) is 0.109. The fourth-order valence-corrected chi connectivity index (χ4v) is 3.65. The summed E-state index contributed by atoms with van der Waals surface area (Å²) in [6, 6.07) is 2.61. The highest BCUT2D eigenvalue weighted by Crippen LogP contribution is 2.36. The molecule has 0 unspecified atom stereocenters. The average molecular weight is 398 g/mol. The van der Waals surface area contributed by atoms with Crippen LogP contribution in [0.5, 0.6) is 5.75 Å². The average Bonchev–Trinajstić information content (AvgIpc) is 3.20. The SMILES string of the molecule is COc1c(Br)cc(C(=O)OCCC2CC2)cc1S(=O)(=O)Cl. The number of rotatable bonds is 6. The van der Waals surface area contributed by atoms with Crippen molar-refractivity contribution in [2.24, 2.45) is 5.92 Å². The van der Waals surface area contributed by atoms with Gasteiger partial charge >= 0.3 is 5.97 Å². The standard InChI is InChI=1S/C13H14BrClO5S/c1-19-12-10(14)6-9(7-11(12)21(15,17)18)13(16)20-5-4-8-2-3-8/h6-8H,2-5H2,1H3. The Morgan fingerprint density at radius 1 is 1.43 bits per heavy atom. The van der Waals surface area contributed by atoms with Crippen molar-refractivity contribution >= 4 is 41.6 Å². The van der Waals surface area contributed by atoms with E-state index in [9.17, 15) is 13.2 Å². The molecule has 8 heteroatoms. The number of hydrogen-bond donors (Lipinski definition) is 0. The molecule has 0 spiro atoms. The topological polar surface area (TPSA) is 69.7 Å². The van der Waals surface area contributed by atoms with Crippen molar-refractivity contribution in [1.82, 2.24) is 0 Å². The summed E-state index contributed by atoms with van der Waals surface area (Å²) >= 11 is 3.16. The maximum absolute atomic E-state index is 12.0. The van der Waals surface area contributed by atoms with E-state index >= 15 is 0 Å². The minimum atomic E-state index is -4.04. The molecule has 0 bridgehead atoms. The van der Waals surface area contributed by atoms with Crippen LogP contribution in [0.25, 0.3) is 0 Å². The van der Waals surface area contributed by atoms with Crippen LogP contribution in [0.1, 0.15) is 29.6 Å². The van der Waals surface area contributed by atoms with Crippen LogP contribution in [0.4, 0.5) is 0 Å². The molecular weight excluding hydrogens is 384 g/mol. The Morgan fingerprint density at radius 3 is 2.62 bits per heavy atom. The molecular formula is C13H14BrClO5S. The Bertz CT molecular complexity index is 655. The van der Waals surface area contributed by atoms with Crippen LogP contribution in [0.3, 0.4) is 0 Å². The van der Waals surface area contributed by atoms with Crippen LogP contribution in [0.15, 0.2) is 21.5 Å². The van der Waals surface area contributed by atoms with E-state index in [0.717, 1.165) is 12.5 Å². The number of methoxy groups -OCH3 is 1. The van der Waals surface area contributed by atoms with Gasteiger partial charge in [-0.2, -0.15) is 0 Å². The number of esters is 1. The molecule has 2 rings (SSSR count). The maximum atomic E-state index is 12.0. The second-order valence-electron chi connectivity index (χ2n) is 4.80. The monoisotopic (exact) mass is 396 g/mol. The second kappa shape index (κ2) is 6.54. The first-order valence-electron chi connectivity index (χ1n) is 6.32. The van der Waals surface area contributed by atoms with Crippen molar-refractivity contribution in [2.75, 3.05) is 13.7 Å². The smallest absolute Gasteiger partial charge is 0.338 e. The molecule has 0 N–H and O–H groups in total. The molecule has 0 radical (unpaired) electrons. The molecule has 0 amide bonds. The summed E-state index contributed by atoms with van der Waals surface area (Å²) in [7, 11) is 2.64. The van der Waals surface area contributed by atoms with E-state index in [0.29, 0.717) is 17.0 Å². The number of benzene rings is 1. The fraction of sp³-hybridized carbons (Fsp3) is 0.462. The third kappa shape index (κ3) is 4.34. The summed E-state index contributed by atoms with van der Waals surface area (Å²) in [4.78, 5) is 11.7. The molecule has 0 atom stereocenters. The number of halogens is 2. The van der Waals surface area contributed by atoms with E-state index in [-0.39, 0.29) is 16.2 Å². The lowest BCUT2D eigenvalue weighted by Gasteiger charge is -2.11. The minimum Gasteiger partial charge on any atom is -0.494 e. The van der Waals surface area contributed by atoms with Crippen LogP contribution in [-0.4, -0.2) is 28.1 Å². The van der Waals surface area contributed by atoms with Crippen molar-refractivity contribution in [3.63, 3.8) is 0 Å². The highest BCUT2D eigenvalue weighted by molar-refractivity contribution is 9.10. The molecule has 1 aliphatic carbocycles. The van der Waals surface area contributed by atoms with Gasteiger partial charge in [0, 0.05) is 10.7 Å². The summed E-state index contributed by atoms with van der Waals surface area (Å²) in [5, 5.41) is 0. The Balaban J connectivity index is 2.22. The van der Waals surface area contributed by atoms with E-state index in [4.69, 9.17) is 20.2 Å². The van der Waals surface area contributed by atoms with Crippen molar-refractivity contribution in [2.45, 2.75) is 24.2 Å². The van der Waals surface area contributed by atoms with Gasteiger partial charge in [-0.3, -0.25) is 0 Å². The van der Waals surface area contributed by atoms with Crippen LogP contribution in [0.2, 0.25) is 0 Å². The first-order valence-corrected chi connectivity index (χ1v) is 9.42. The predicted molar refractivity (Wildman–Crippen MR) is 81.4 cm³/mol. The molecule has 1 fully saturated rings. The molecule has 1 aliphatic rings. The fourth-order valence-electron chi connectivity index (χ4n) is 1.87. The molecule has 0 aliphatic heterocycles. The van der Waals surface area contributed by atoms with Gasteiger partial charge in [-0.25, -0.2) is 13.2 Å². The number of carbonyl (C=O) groups excluding carboxylic acids is 1. The molecule has 0 aromatic heterocycles. The Hall–Kier alpha value is -0.790. The molecule has 5 nitrogen and oxygen atoms in total. The first kappa shape index (κ1) is 16.6. The van der Waals surface area contributed by atoms with E-state index in [2.05, 4.69) is 15.9 Å². The van der Waals surface area contributed by atoms with Gasteiger partial charge < -0.3 is 9.47 Å². The van der Waals surface area contributed by atoms with E-state index in [1.54, 1.807) is 0 Å². The molecule has 1 aromatic rings. The van der Waals surface area contributed by atoms with Crippen LogP contribution >= 0.6 is 26.6 Å². The molecule has 116 valence electrons. The van der Waals surface area contributed by atoms with Gasteiger partial charge in [-0.15, -0.1) is 0 Å². The molecule has 0 saturated heterocycles. The predicted octanol–water partition coefficient (Wildman–Crippen LogP) is 3.34. The number of ether oxygens (including phenoxy) is 2. The summed E-state index contributed by atoms with van der Waals surface area (Å²) < 4.78 is 33.6. The van der Waals surface area contributed by atoms with E-state index in [1.165, 1.54) is 26.0 Å². The van der Waals surface area contributed by atoms with Gasteiger partial charge in [0.05, 0.1) is 23.8 Å². The number of carbonyl (C=O) groups is 1. The lowest BCUT2D eigenvalue weighted by molar-refractivity contribution is 0.0494. The molecule has 21 heavy (non-hydrogen) atoms. The van der Waals surface area contributed by atoms with Gasteiger partial charge in [-0.05, 0) is 40.4 Å². The zero-order chi connectivity index (χ0) is 15.6. The summed E-state index contributed by atoms with van der Waals surface area (Å²) in [5.74, 6) is 0.124. The van der Waals surface area contributed by atoms with Crippen LogP contribution in [0, 0.1) is 5.92 Å². The Morgan fingerprint density at radius 2 is 2.10 bits per heavy atom. The van der Waals surface area contributed by atoms with Gasteiger partial charge in [0.15, 0.2) is 5.75 Å². The summed E-state index contributed by atoms with van der Waals surface area (Å²) in [6.07, 6.45) is 3.20. The van der Waals surface area contributed by atoms with Crippen molar-refractivity contribution in [3.8, 4) is 5.75 Å². The Kier molecular flexibility index (Phi) is 5.16. The third-order valence-corrected chi connectivity index (χ3v) is 5.08. The van der Waals surface area contributed by atoms with Gasteiger partial charge in [0.1, 0.15) is 4.90 Å². The molecule has 1 saturated carbocycles. The molecule has 0 heterocycles. The number of hydrogen-bond acceptors (Lipinski definition) is 5. The second-order valence-corrected chi connectivity index (χ2v) is 8.18. The summed E-state index contributed by atoms with van der Waals surface area (Å²) in [6.45, 7) is 0.329. The third-order valence-electron chi connectivity index (χ3n) is 3.17. The zero-order valence-corrected chi connectivity index (χ0v) is 14.4. The van der Waals surface area contributed by atoms with Gasteiger partial charge in [-0.1, -0.05) is 12.8 Å². The lowest BCUT2D eigenvalue weighted by Crippen LogP contribution is -2.09.